The lowest BCUT2D eigenvalue weighted by molar-refractivity contribution is -0.142. The minimum Gasteiger partial charge on any atom is -0.465 e. The van der Waals surface area contributed by atoms with Crippen LogP contribution in [-0.4, -0.2) is 105 Å². The molecule has 1 aromatic heterocycles. The number of para-hydroxylation sites is 1. The molecule has 2 atom stereocenters. The summed E-state index contributed by atoms with van der Waals surface area (Å²) in [7, 11) is 0. The number of ether oxygens (including phenoxy) is 1. The van der Waals surface area contributed by atoms with Gasteiger partial charge in [0.05, 0.1) is 36.6 Å². The number of carbonyl (C=O) groups excluding carboxylic acids is 2. The van der Waals surface area contributed by atoms with Crippen LogP contribution < -0.4 is 0 Å². The number of benzene rings is 1. The molecule has 0 radical (unpaired) electrons. The number of hydrogen-bond acceptors (Lipinski definition) is 6. The molecular weight excluding hydrogens is 488 g/mol. The van der Waals surface area contributed by atoms with Gasteiger partial charge in [-0.2, -0.15) is 0 Å². The van der Waals surface area contributed by atoms with Crippen LogP contribution in [0.2, 0.25) is 0 Å². The average molecular weight is 525 g/mol. The fraction of sp³-hybridized carbons (Fsp3) is 0.593. The van der Waals surface area contributed by atoms with E-state index in [-0.39, 0.29) is 36.7 Å². The fourth-order valence-electron chi connectivity index (χ4n) is 5.53. The predicted molar refractivity (Wildman–Crippen MR) is 138 cm³/mol. The number of hydrogen-bond donors (Lipinski definition) is 1. The molecule has 2 saturated heterocycles. The lowest BCUT2D eigenvalue weighted by Gasteiger charge is -2.43. The first-order valence-electron chi connectivity index (χ1n) is 13.5. The van der Waals surface area contributed by atoms with Crippen molar-refractivity contribution in [2.75, 3.05) is 45.9 Å². The molecule has 0 spiro atoms. The van der Waals surface area contributed by atoms with Crippen molar-refractivity contribution in [1.29, 1.82) is 0 Å². The average Bonchev–Trinajstić information content (AvgIpc) is 3.68. The minimum atomic E-state index is -1.08. The standard InChI is InChI=1S/C27H36N6O5/c1-18(2)15-32(22-14-20(16-31(17-22)27(36)37)25(34)30-10-12-38-13-11-30)26(35)23-24(19-8-9-19)33(29-28-23)21-6-4-3-5-7-21/h3-7,18-20,22H,8-17H2,1-2H3,(H,36,37)/t20-,22+/m1/s1. The summed E-state index contributed by atoms with van der Waals surface area (Å²) in [4.78, 5) is 44.4. The first kappa shape index (κ1) is 26.1. The van der Waals surface area contributed by atoms with Crippen molar-refractivity contribution in [3.63, 3.8) is 0 Å². The molecular formula is C27H36N6O5. The molecule has 3 heterocycles. The molecule has 204 valence electrons. The quantitative estimate of drug-likeness (QED) is 0.591. The first-order chi connectivity index (χ1) is 18.3. The van der Waals surface area contributed by atoms with Crippen LogP contribution >= 0.6 is 0 Å². The molecule has 1 aliphatic carbocycles. The molecule has 5 rings (SSSR count). The molecule has 3 amide bonds. The van der Waals surface area contributed by atoms with Crippen LogP contribution in [0.3, 0.4) is 0 Å². The van der Waals surface area contributed by atoms with Crippen molar-refractivity contribution in [1.82, 2.24) is 29.7 Å². The summed E-state index contributed by atoms with van der Waals surface area (Å²) < 4.78 is 7.14. The molecule has 2 aromatic rings. The Labute approximate surface area is 222 Å². The largest absolute Gasteiger partial charge is 0.465 e. The molecule has 11 nitrogen and oxygen atoms in total. The number of aromatic nitrogens is 3. The van der Waals surface area contributed by atoms with Gasteiger partial charge < -0.3 is 24.5 Å². The first-order valence-corrected chi connectivity index (χ1v) is 13.5. The lowest BCUT2D eigenvalue weighted by atomic mass is 9.91. The summed E-state index contributed by atoms with van der Waals surface area (Å²) in [5, 5.41) is 18.6. The number of nitrogens with zero attached hydrogens (tertiary/aromatic N) is 6. The van der Waals surface area contributed by atoms with Gasteiger partial charge in [0.2, 0.25) is 5.91 Å². The van der Waals surface area contributed by atoms with E-state index in [0.717, 1.165) is 24.2 Å². The summed E-state index contributed by atoms with van der Waals surface area (Å²) in [6.45, 7) is 6.71. The second kappa shape index (κ2) is 11.1. The van der Waals surface area contributed by atoms with Crippen molar-refractivity contribution in [2.24, 2.45) is 11.8 Å². The number of amides is 3. The number of likely N-dealkylation sites (tertiary alicyclic amines) is 1. The van der Waals surface area contributed by atoms with Gasteiger partial charge in [-0.05, 0) is 37.3 Å². The lowest BCUT2D eigenvalue weighted by Crippen LogP contribution is -2.58. The van der Waals surface area contributed by atoms with E-state index in [1.807, 2.05) is 44.2 Å². The van der Waals surface area contributed by atoms with Gasteiger partial charge in [0.1, 0.15) is 0 Å². The van der Waals surface area contributed by atoms with Crippen LogP contribution in [-0.2, 0) is 9.53 Å². The minimum absolute atomic E-state index is 0.0742. The van der Waals surface area contributed by atoms with Crippen LogP contribution in [0.4, 0.5) is 4.79 Å². The smallest absolute Gasteiger partial charge is 0.407 e. The van der Waals surface area contributed by atoms with Crippen LogP contribution in [0.25, 0.3) is 5.69 Å². The van der Waals surface area contributed by atoms with Gasteiger partial charge in [0.25, 0.3) is 5.91 Å². The molecule has 0 unspecified atom stereocenters. The second-order valence-electron chi connectivity index (χ2n) is 10.9. The Hall–Kier alpha value is -3.47. The maximum atomic E-state index is 14.2. The molecule has 1 aromatic carbocycles. The zero-order chi connectivity index (χ0) is 26.8. The van der Waals surface area contributed by atoms with Gasteiger partial charge in [0.15, 0.2) is 5.69 Å². The van der Waals surface area contributed by atoms with Crippen LogP contribution in [0, 0.1) is 11.8 Å². The molecule has 1 N–H and O–H groups in total. The number of carbonyl (C=O) groups is 3. The van der Waals surface area contributed by atoms with Gasteiger partial charge >= 0.3 is 6.09 Å². The topological polar surface area (TPSA) is 121 Å². The maximum Gasteiger partial charge on any atom is 0.407 e. The van der Waals surface area contributed by atoms with Crippen molar-refractivity contribution in [2.45, 2.75) is 45.1 Å². The highest BCUT2D eigenvalue weighted by atomic mass is 16.5. The Bertz CT molecular complexity index is 1160. The Morgan fingerprint density at radius 2 is 1.79 bits per heavy atom. The van der Waals surface area contributed by atoms with E-state index in [9.17, 15) is 19.5 Å². The Morgan fingerprint density at radius 1 is 1.08 bits per heavy atom. The second-order valence-corrected chi connectivity index (χ2v) is 10.9. The third-order valence-electron chi connectivity index (χ3n) is 7.51. The van der Waals surface area contributed by atoms with E-state index < -0.39 is 18.1 Å². The van der Waals surface area contributed by atoms with Gasteiger partial charge in [-0.25, -0.2) is 9.48 Å². The normalized spacial score (nSPS) is 22.0. The van der Waals surface area contributed by atoms with Gasteiger partial charge in [-0.15, -0.1) is 5.10 Å². The number of morpholine rings is 1. The maximum absolute atomic E-state index is 14.2. The molecule has 3 fully saturated rings. The van der Waals surface area contributed by atoms with Crippen molar-refractivity contribution < 1.29 is 24.2 Å². The highest BCUT2D eigenvalue weighted by Gasteiger charge is 2.42. The summed E-state index contributed by atoms with van der Waals surface area (Å²) in [5.74, 6) is -0.496. The van der Waals surface area contributed by atoms with E-state index in [0.29, 0.717) is 45.0 Å². The molecule has 38 heavy (non-hydrogen) atoms. The van der Waals surface area contributed by atoms with Gasteiger partial charge in [-0.1, -0.05) is 37.3 Å². The Morgan fingerprint density at radius 3 is 2.42 bits per heavy atom. The molecule has 11 heteroatoms. The van der Waals surface area contributed by atoms with Gasteiger partial charge in [-0.3, -0.25) is 9.59 Å². The van der Waals surface area contributed by atoms with E-state index in [2.05, 4.69) is 10.3 Å². The highest BCUT2D eigenvalue weighted by molar-refractivity contribution is 5.94. The molecule has 3 aliphatic rings. The van der Waals surface area contributed by atoms with Crippen molar-refractivity contribution in [3.05, 3.63) is 41.7 Å². The zero-order valence-electron chi connectivity index (χ0n) is 22.0. The molecule has 1 saturated carbocycles. The summed E-state index contributed by atoms with van der Waals surface area (Å²) in [5.41, 5.74) is 1.98. The Kier molecular flexibility index (Phi) is 7.64. The third-order valence-corrected chi connectivity index (χ3v) is 7.51. The summed E-state index contributed by atoms with van der Waals surface area (Å²) >= 11 is 0. The van der Waals surface area contributed by atoms with E-state index in [1.165, 1.54) is 4.90 Å². The predicted octanol–water partition coefficient (Wildman–Crippen LogP) is 2.47. The molecule has 2 aliphatic heterocycles. The Balaban J connectivity index is 1.45. The number of rotatable bonds is 7. The number of carboxylic acid groups (broad SMARTS) is 1. The van der Waals surface area contributed by atoms with Gasteiger partial charge in [0, 0.05) is 38.6 Å². The van der Waals surface area contributed by atoms with Crippen LogP contribution in [0.1, 0.15) is 55.2 Å². The van der Waals surface area contributed by atoms with Crippen molar-refractivity contribution >= 4 is 17.9 Å². The summed E-state index contributed by atoms with van der Waals surface area (Å²) in [6, 6.07) is 9.21. The zero-order valence-corrected chi connectivity index (χ0v) is 22.0. The van der Waals surface area contributed by atoms with E-state index in [1.54, 1.807) is 14.5 Å². The van der Waals surface area contributed by atoms with Crippen molar-refractivity contribution in [3.8, 4) is 5.69 Å². The fourth-order valence-corrected chi connectivity index (χ4v) is 5.53. The number of piperidine rings is 1. The SMILES string of the molecule is CC(C)CN(C(=O)c1nnn(-c2ccccc2)c1C1CC1)[C@H]1C[C@@H](C(=O)N2CCOCC2)CN(C(=O)O)C1. The van der Waals surface area contributed by atoms with Crippen LogP contribution in [0.15, 0.2) is 30.3 Å². The highest BCUT2D eigenvalue weighted by Crippen LogP contribution is 2.42. The van der Waals surface area contributed by atoms with E-state index in [4.69, 9.17) is 4.74 Å². The van der Waals surface area contributed by atoms with Crippen LogP contribution in [0.5, 0.6) is 0 Å². The summed E-state index contributed by atoms with van der Waals surface area (Å²) in [6.07, 6.45) is 1.26. The van der Waals surface area contributed by atoms with E-state index >= 15 is 0 Å². The monoisotopic (exact) mass is 524 g/mol. The third kappa shape index (κ3) is 5.52. The molecule has 0 bridgehead atoms.